The van der Waals surface area contributed by atoms with Crippen LogP contribution in [0, 0.1) is 30.6 Å². The molecule has 1 N–H and O–H groups in total. The van der Waals surface area contributed by atoms with Gasteiger partial charge in [0, 0.05) is 75.7 Å². The molecule has 1 aromatic rings. The van der Waals surface area contributed by atoms with Gasteiger partial charge in [-0.3, -0.25) is 28.8 Å². The van der Waals surface area contributed by atoms with Crippen LogP contribution in [0.4, 0.5) is 0 Å². The minimum absolute atomic E-state index is 0.0363. The van der Waals surface area contributed by atoms with Gasteiger partial charge >= 0.3 is 23.7 Å². The van der Waals surface area contributed by atoms with E-state index < -0.39 is 89.1 Å². The number of aliphatic imine (C=N–C) groups is 1. The Balaban J connectivity index is 1.96. The van der Waals surface area contributed by atoms with Crippen molar-refractivity contribution in [1.29, 1.82) is 0 Å². The maximum Gasteiger partial charge on any atom is 0.312 e. The van der Waals surface area contributed by atoms with Crippen LogP contribution < -0.4 is 9.47 Å². The van der Waals surface area contributed by atoms with Crippen LogP contribution in [0.15, 0.2) is 52.9 Å². The van der Waals surface area contributed by atoms with E-state index in [4.69, 9.17) is 33.2 Å². The molecule has 15 nitrogen and oxygen atoms in total. The van der Waals surface area contributed by atoms with E-state index in [2.05, 4.69) is 4.99 Å². The van der Waals surface area contributed by atoms with Gasteiger partial charge in [-0.2, -0.15) is 0 Å². The summed E-state index contributed by atoms with van der Waals surface area (Å²) in [5.41, 5.74) is -0.760. The lowest BCUT2D eigenvalue weighted by Crippen LogP contribution is -2.47. The number of fused-ring (bicyclic) bond motifs is 13. The zero-order valence-electron chi connectivity index (χ0n) is 34.3. The molecular formula is C42H51NO14. The normalized spacial score (nSPS) is 31.4. The minimum Gasteiger partial charge on any atom is -0.481 e. The first kappa shape index (κ1) is 44.3. The quantitative estimate of drug-likeness (QED) is 0.302. The number of nitrogens with zero attached hydrogens (tertiary/aromatic N) is 1. The van der Waals surface area contributed by atoms with Crippen molar-refractivity contribution in [3.63, 3.8) is 0 Å². The second-order valence-corrected chi connectivity index (χ2v) is 14.7. The number of Topliss-reactive ketones (excluding diaryl/α,β-unsaturated/α-hetero) is 2. The van der Waals surface area contributed by atoms with Crippen LogP contribution in [-0.2, 0) is 38.1 Å². The van der Waals surface area contributed by atoms with Crippen LogP contribution in [0.3, 0.4) is 0 Å². The largest absolute Gasteiger partial charge is 0.481 e. The summed E-state index contributed by atoms with van der Waals surface area (Å²) in [6.45, 7) is 15.1. The zero-order valence-corrected chi connectivity index (χ0v) is 34.3. The Morgan fingerprint density at radius 1 is 0.842 bits per heavy atom. The number of benzene rings is 1. The Hall–Kier alpha value is -5.41. The molecule has 3 aliphatic heterocycles. The predicted octanol–water partition coefficient (Wildman–Crippen LogP) is 5.35. The van der Waals surface area contributed by atoms with Gasteiger partial charge in [-0.25, -0.2) is 4.99 Å². The fraction of sp³-hybridized carbons (Fsp3) is 0.500. The van der Waals surface area contributed by atoms with E-state index in [1.54, 1.807) is 52.8 Å². The molecule has 1 aliphatic carbocycles. The molecule has 3 heterocycles. The maximum atomic E-state index is 14.2. The SMILES string of the molecule is COC1=NC2=CC(=O)c3c(c(OC(C)=O)c(C)c4c3C(=O)[C@@](C)(O/C=C/[C@H](OC)[C@H](C)[C@@H](OC(C)=O)[C@H](C)[C@H](O)[C@H](C)[C@H](OC(C)=O)[C@H](C)/C=C/C=C\1C)O4)C2=O. The topological polar surface area (TPSA) is 200 Å². The summed E-state index contributed by atoms with van der Waals surface area (Å²) in [7, 11) is 2.74. The van der Waals surface area contributed by atoms with Crippen LogP contribution in [-0.4, -0.2) is 90.7 Å². The van der Waals surface area contributed by atoms with Crippen LogP contribution in [0.25, 0.3) is 0 Å². The number of esters is 3. The molecule has 0 amide bonds. The van der Waals surface area contributed by atoms with Gasteiger partial charge in [0.05, 0.1) is 42.3 Å². The number of carbonyl (C=O) groups excluding carboxylic acids is 6. The summed E-state index contributed by atoms with van der Waals surface area (Å²) >= 11 is 0. The molecule has 0 saturated carbocycles. The van der Waals surface area contributed by atoms with E-state index in [-0.39, 0.29) is 45.3 Å². The highest BCUT2D eigenvalue weighted by atomic mass is 16.7. The third-order valence-corrected chi connectivity index (χ3v) is 10.4. The van der Waals surface area contributed by atoms with Gasteiger partial charge in [0.2, 0.25) is 11.7 Å². The maximum absolute atomic E-state index is 14.2. The minimum atomic E-state index is -2.07. The number of rotatable bonds is 4. The molecule has 308 valence electrons. The van der Waals surface area contributed by atoms with Crippen LogP contribution >= 0.6 is 0 Å². The molecule has 0 unspecified atom stereocenters. The summed E-state index contributed by atoms with van der Waals surface area (Å²) in [6.07, 6.45) is 4.92. The first-order valence-corrected chi connectivity index (χ1v) is 18.5. The highest BCUT2D eigenvalue weighted by Crippen LogP contribution is 2.48. The molecule has 0 radical (unpaired) electrons. The van der Waals surface area contributed by atoms with Gasteiger partial charge in [-0.05, 0) is 19.9 Å². The highest BCUT2D eigenvalue weighted by molar-refractivity contribution is 6.30. The van der Waals surface area contributed by atoms with E-state index in [1.807, 2.05) is 0 Å². The molecule has 0 saturated heterocycles. The fourth-order valence-corrected chi connectivity index (χ4v) is 7.43. The Morgan fingerprint density at radius 3 is 2.04 bits per heavy atom. The van der Waals surface area contributed by atoms with Gasteiger partial charge in [0.15, 0.2) is 5.78 Å². The van der Waals surface area contributed by atoms with Crippen molar-refractivity contribution in [2.24, 2.45) is 28.7 Å². The predicted molar refractivity (Wildman–Crippen MR) is 205 cm³/mol. The lowest BCUT2D eigenvalue weighted by Gasteiger charge is -2.38. The van der Waals surface area contributed by atoms with Crippen molar-refractivity contribution < 1.29 is 67.0 Å². The lowest BCUT2D eigenvalue weighted by atomic mass is 9.78. The number of carbonyl (C=O) groups is 6. The first-order valence-electron chi connectivity index (χ1n) is 18.5. The number of methoxy groups -OCH3 is 2. The number of allylic oxidation sites excluding steroid dienone is 4. The van der Waals surface area contributed by atoms with Gasteiger partial charge < -0.3 is 38.3 Å². The van der Waals surface area contributed by atoms with E-state index >= 15 is 0 Å². The highest BCUT2D eigenvalue weighted by Gasteiger charge is 2.52. The molecule has 9 atom stereocenters. The van der Waals surface area contributed by atoms with Crippen LogP contribution in [0.1, 0.15) is 99.0 Å². The van der Waals surface area contributed by atoms with Crippen molar-refractivity contribution in [2.45, 2.75) is 99.4 Å². The smallest absolute Gasteiger partial charge is 0.312 e. The molecule has 4 aliphatic rings. The molecule has 0 spiro atoms. The second-order valence-electron chi connectivity index (χ2n) is 14.7. The number of ether oxygens (including phenoxy) is 7. The summed E-state index contributed by atoms with van der Waals surface area (Å²) in [4.78, 5) is 83.7. The van der Waals surface area contributed by atoms with E-state index in [1.165, 1.54) is 54.3 Å². The number of aliphatic hydroxyl groups excluding tert-OH is 1. The van der Waals surface area contributed by atoms with Crippen molar-refractivity contribution >= 4 is 41.2 Å². The number of aliphatic hydroxyl groups is 1. The molecular weight excluding hydrogens is 742 g/mol. The monoisotopic (exact) mass is 793 g/mol. The molecule has 5 bridgehead atoms. The summed E-state index contributed by atoms with van der Waals surface area (Å²) in [5.74, 6) is -9.32. The number of hydrogen-bond donors (Lipinski definition) is 1. The van der Waals surface area contributed by atoms with Gasteiger partial charge in [0.1, 0.15) is 29.4 Å². The average molecular weight is 794 g/mol. The third kappa shape index (κ3) is 9.10. The summed E-state index contributed by atoms with van der Waals surface area (Å²) in [6, 6.07) is 0. The van der Waals surface area contributed by atoms with Crippen LogP contribution in [0.5, 0.6) is 11.5 Å². The molecule has 15 heteroatoms. The summed E-state index contributed by atoms with van der Waals surface area (Å²) < 4.78 is 40.3. The van der Waals surface area contributed by atoms with Gasteiger partial charge in [0.25, 0.3) is 5.78 Å². The van der Waals surface area contributed by atoms with Crippen molar-refractivity contribution in [3.05, 3.63) is 70.2 Å². The van der Waals surface area contributed by atoms with Crippen molar-refractivity contribution in [2.75, 3.05) is 14.2 Å². The fourth-order valence-electron chi connectivity index (χ4n) is 7.43. The van der Waals surface area contributed by atoms with Crippen molar-refractivity contribution in [1.82, 2.24) is 0 Å². The average Bonchev–Trinajstić information content (AvgIpc) is 3.40. The third-order valence-electron chi connectivity index (χ3n) is 10.4. The first-order chi connectivity index (χ1) is 26.7. The molecule has 0 aromatic heterocycles. The molecule has 0 fully saturated rings. The Kier molecular flexibility index (Phi) is 13.8. The van der Waals surface area contributed by atoms with Gasteiger partial charge in [-0.1, -0.05) is 45.9 Å². The zero-order chi connectivity index (χ0) is 42.7. The standard InChI is InChI=1S/C42H51NO14/c1-19-14-13-15-20(2)41(52-12)43-28-18-29(47)31-32(35(28)49)38(56-27(9)46)24(6)39-33(31)40(50)42(10,57-39)53-17-16-30(51-11)21(3)37(55-26(8)45)23(5)34(48)22(4)36(19)54-25(7)44/h13-19,21-23,30,34,36-37,48H,1-12H3/b14-13+,17-16+,20-15-,43-41?/t19-,21+,22+,23-,30+,34-,36-,37-,42+/m1/s1. The molecule has 5 rings (SSSR count). The van der Waals surface area contributed by atoms with E-state index in [0.29, 0.717) is 5.57 Å². The Morgan fingerprint density at radius 2 is 1.46 bits per heavy atom. The Labute approximate surface area is 331 Å². The number of hydrogen-bond acceptors (Lipinski definition) is 15. The lowest BCUT2D eigenvalue weighted by molar-refractivity contribution is -0.164. The Bertz CT molecular complexity index is 1990. The van der Waals surface area contributed by atoms with Gasteiger partial charge in [-0.15, -0.1) is 0 Å². The van der Waals surface area contributed by atoms with Crippen molar-refractivity contribution in [3.8, 4) is 11.5 Å². The number of ketones is 3. The molecule has 1 aromatic carbocycles. The van der Waals surface area contributed by atoms with E-state index in [0.717, 1.165) is 13.0 Å². The van der Waals surface area contributed by atoms with Crippen LogP contribution in [0.2, 0.25) is 0 Å². The van der Waals surface area contributed by atoms with E-state index in [9.17, 15) is 33.9 Å². The summed E-state index contributed by atoms with van der Waals surface area (Å²) in [5, 5.41) is 11.8. The second kappa shape index (κ2) is 17.8. The molecule has 57 heavy (non-hydrogen) atoms.